The average Bonchev–Trinajstić information content (AvgIpc) is 3.35. The highest BCUT2D eigenvalue weighted by molar-refractivity contribution is 5.71. The van der Waals surface area contributed by atoms with E-state index in [-0.39, 0.29) is 37.5 Å². The van der Waals surface area contributed by atoms with E-state index in [1.807, 2.05) is 91.1 Å². The molecule has 0 spiro atoms. The van der Waals surface area contributed by atoms with Gasteiger partial charge in [0.2, 0.25) is 0 Å². The number of hydrogen-bond acceptors (Lipinski definition) is 6. The van der Waals surface area contributed by atoms with Gasteiger partial charge in [0.25, 0.3) is 0 Å². The molecule has 1 unspecified atom stereocenters. The SMILES string of the molecule is CC\C=C/C=C\C=C/C=C\C=C\C=C/CCCCCC(=O)OC(COC(=O)CCCCCCC\C=C/C=C\C=C/C=C\C=C/CCC)COC(=O)CCCCCCCCCCCCCCCCCC. The molecule has 0 amide bonds. The van der Waals surface area contributed by atoms with Gasteiger partial charge >= 0.3 is 17.9 Å². The van der Waals surface area contributed by atoms with Crippen LogP contribution in [0.25, 0.3) is 0 Å². The van der Waals surface area contributed by atoms with Crippen molar-refractivity contribution in [1.82, 2.24) is 0 Å². The Morgan fingerprint density at radius 2 is 0.594 bits per heavy atom. The topological polar surface area (TPSA) is 78.9 Å². The van der Waals surface area contributed by atoms with Gasteiger partial charge in [-0.05, 0) is 57.8 Å². The van der Waals surface area contributed by atoms with Crippen LogP contribution in [0.15, 0.2) is 134 Å². The average molecular weight is 953 g/mol. The maximum atomic E-state index is 12.8. The molecule has 388 valence electrons. The Kier molecular flexibility index (Phi) is 52.5. The Hall–Kier alpha value is -4.45. The molecular weight excluding hydrogens is 853 g/mol. The van der Waals surface area contributed by atoms with Crippen LogP contribution in [0.5, 0.6) is 0 Å². The van der Waals surface area contributed by atoms with Gasteiger partial charge in [0.15, 0.2) is 6.10 Å². The first-order chi connectivity index (χ1) is 34.0. The molecule has 0 aromatic heterocycles. The van der Waals surface area contributed by atoms with Crippen LogP contribution in [0.3, 0.4) is 0 Å². The quantitative estimate of drug-likeness (QED) is 0.0262. The van der Waals surface area contributed by atoms with E-state index in [9.17, 15) is 14.4 Å². The van der Waals surface area contributed by atoms with Crippen LogP contribution in [0, 0.1) is 0 Å². The van der Waals surface area contributed by atoms with Crippen molar-refractivity contribution in [2.45, 2.75) is 232 Å². The second-order valence-electron chi connectivity index (χ2n) is 18.0. The molecule has 0 aromatic carbocycles. The minimum atomic E-state index is -0.816. The summed E-state index contributed by atoms with van der Waals surface area (Å²) in [7, 11) is 0. The van der Waals surface area contributed by atoms with Crippen molar-refractivity contribution in [2.75, 3.05) is 13.2 Å². The lowest BCUT2D eigenvalue weighted by molar-refractivity contribution is -0.167. The first kappa shape index (κ1) is 64.5. The standard InChI is InChI=1S/C63H100O6/c1-4-7-10-13-16-19-22-25-28-31-33-35-38-41-44-47-50-53-56-62(65)68-59-60(58-67-61(64)55-52-49-46-43-40-37-34-30-27-24-21-18-15-12-9-6-3)69-63(66)57-54-51-48-45-42-39-36-32-29-26-23-20-17-14-11-8-5-2/h8,10-11,13-14,16-17,19-20,22-23,25-26,28-29,31-33,35-36,39,42,60H,4-7,9,12,15,18,21,24,27,30,34,37-38,40-41,43-59H2,1-3H3/b11-8-,13-10-,17-14-,19-16-,23-20-,25-22-,29-26-,31-28-,35-33-,36-32+,42-39-. The van der Waals surface area contributed by atoms with Crippen LogP contribution in [-0.2, 0) is 28.6 Å². The van der Waals surface area contributed by atoms with Gasteiger partial charge in [0, 0.05) is 19.3 Å². The van der Waals surface area contributed by atoms with Crippen LogP contribution in [0.2, 0.25) is 0 Å². The van der Waals surface area contributed by atoms with Gasteiger partial charge in [-0.1, -0.05) is 283 Å². The molecule has 0 fully saturated rings. The lowest BCUT2D eigenvalue weighted by Crippen LogP contribution is -2.30. The highest BCUT2D eigenvalue weighted by Gasteiger charge is 2.19. The highest BCUT2D eigenvalue weighted by Crippen LogP contribution is 2.15. The van der Waals surface area contributed by atoms with Gasteiger partial charge in [-0.3, -0.25) is 14.4 Å². The normalized spacial score (nSPS) is 13.1. The zero-order valence-electron chi connectivity index (χ0n) is 44.3. The number of rotatable bonds is 48. The van der Waals surface area contributed by atoms with Crippen molar-refractivity contribution in [1.29, 1.82) is 0 Å². The van der Waals surface area contributed by atoms with E-state index in [4.69, 9.17) is 14.2 Å². The van der Waals surface area contributed by atoms with Gasteiger partial charge in [0.05, 0.1) is 0 Å². The van der Waals surface area contributed by atoms with Crippen molar-refractivity contribution in [3.8, 4) is 0 Å². The molecule has 1 atom stereocenters. The molecule has 0 radical (unpaired) electrons. The summed E-state index contributed by atoms with van der Waals surface area (Å²) >= 11 is 0. The van der Waals surface area contributed by atoms with Crippen molar-refractivity contribution in [3.05, 3.63) is 134 Å². The third-order valence-corrected chi connectivity index (χ3v) is 11.4. The van der Waals surface area contributed by atoms with Crippen LogP contribution in [0.1, 0.15) is 226 Å². The fraction of sp³-hybridized carbons (Fsp3) is 0.603. The number of allylic oxidation sites excluding steroid dienone is 22. The molecule has 0 aromatic rings. The molecule has 0 aliphatic rings. The van der Waals surface area contributed by atoms with Gasteiger partial charge in [-0.25, -0.2) is 0 Å². The molecular formula is C63H100O6. The second-order valence-corrected chi connectivity index (χ2v) is 18.0. The molecule has 0 saturated carbocycles. The largest absolute Gasteiger partial charge is 0.462 e. The monoisotopic (exact) mass is 953 g/mol. The number of carbonyl (C=O) groups is 3. The zero-order chi connectivity index (χ0) is 50.0. The molecule has 0 bridgehead atoms. The van der Waals surface area contributed by atoms with Gasteiger partial charge < -0.3 is 14.2 Å². The number of hydrogen-bond donors (Lipinski definition) is 0. The third kappa shape index (κ3) is 54.4. The van der Waals surface area contributed by atoms with Crippen LogP contribution >= 0.6 is 0 Å². The molecule has 6 heteroatoms. The van der Waals surface area contributed by atoms with Crippen molar-refractivity contribution in [3.63, 3.8) is 0 Å². The van der Waals surface area contributed by atoms with E-state index in [0.717, 1.165) is 89.9 Å². The second kappa shape index (κ2) is 56.1. The summed E-state index contributed by atoms with van der Waals surface area (Å²) in [6.07, 6.45) is 78.5. The fourth-order valence-electron chi connectivity index (χ4n) is 7.27. The first-order valence-electron chi connectivity index (χ1n) is 27.8. The van der Waals surface area contributed by atoms with E-state index in [1.54, 1.807) is 0 Å². The molecule has 0 aliphatic carbocycles. The summed E-state index contributed by atoms with van der Waals surface area (Å²) in [6, 6.07) is 0. The molecule has 6 nitrogen and oxygen atoms in total. The lowest BCUT2D eigenvalue weighted by Gasteiger charge is -2.18. The Labute approximate surface area is 424 Å². The van der Waals surface area contributed by atoms with Gasteiger partial charge in [-0.15, -0.1) is 0 Å². The van der Waals surface area contributed by atoms with Crippen LogP contribution in [0.4, 0.5) is 0 Å². The number of carbonyl (C=O) groups excluding carboxylic acids is 3. The molecule has 0 N–H and O–H groups in total. The third-order valence-electron chi connectivity index (χ3n) is 11.4. The van der Waals surface area contributed by atoms with E-state index >= 15 is 0 Å². The van der Waals surface area contributed by atoms with Crippen LogP contribution < -0.4 is 0 Å². The predicted molar refractivity (Wildman–Crippen MR) is 297 cm³/mol. The maximum Gasteiger partial charge on any atom is 0.306 e. The Morgan fingerprint density at radius 1 is 0.304 bits per heavy atom. The number of unbranched alkanes of at least 4 members (excludes halogenated alkanes) is 24. The minimum Gasteiger partial charge on any atom is -0.462 e. The maximum absolute atomic E-state index is 12.8. The number of ether oxygens (including phenoxy) is 3. The number of esters is 3. The summed E-state index contributed by atoms with van der Waals surface area (Å²) in [4.78, 5) is 38.1. The molecule has 69 heavy (non-hydrogen) atoms. The van der Waals surface area contributed by atoms with E-state index in [1.165, 1.54) is 89.9 Å². The fourth-order valence-corrected chi connectivity index (χ4v) is 7.27. The minimum absolute atomic E-state index is 0.108. The lowest BCUT2D eigenvalue weighted by atomic mass is 10.0. The molecule has 0 saturated heterocycles. The summed E-state index contributed by atoms with van der Waals surface area (Å²) in [6.45, 7) is 6.35. The van der Waals surface area contributed by atoms with Crippen molar-refractivity contribution < 1.29 is 28.6 Å². The summed E-state index contributed by atoms with van der Waals surface area (Å²) in [5.74, 6) is -0.980. The molecule has 0 heterocycles. The molecule has 0 rings (SSSR count). The van der Waals surface area contributed by atoms with Crippen LogP contribution in [-0.4, -0.2) is 37.2 Å². The summed E-state index contributed by atoms with van der Waals surface area (Å²) in [5, 5.41) is 0. The van der Waals surface area contributed by atoms with Gasteiger partial charge in [0.1, 0.15) is 13.2 Å². The summed E-state index contributed by atoms with van der Waals surface area (Å²) in [5.41, 5.74) is 0. The Morgan fingerprint density at radius 3 is 0.957 bits per heavy atom. The molecule has 0 aliphatic heterocycles. The van der Waals surface area contributed by atoms with E-state index in [0.29, 0.717) is 19.3 Å². The van der Waals surface area contributed by atoms with Crippen molar-refractivity contribution in [2.24, 2.45) is 0 Å². The highest BCUT2D eigenvalue weighted by atomic mass is 16.6. The smallest absolute Gasteiger partial charge is 0.306 e. The van der Waals surface area contributed by atoms with Gasteiger partial charge in [-0.2, -0.15) is 0 Å². The van der Waals surface area contributed by atoms with Crippen molar-refractivity contribution >= 4 is 17.9 Å². The predicted octanol–water partition coefficient (Wildman–Crippen LogP) is 18.6. The Balaban J connectivity index is 4.55. The van der Waals surface area contributed by atoms with E-state index in [2.05, 4.69) is 63.3 Å². The first-order valence-corrected chi connectivity index (χ1v) is 27.8. The zero-order valence-corrected chi connectivity index (χ0v) is 44.3. The van der Waals surface area contributed by atoms with E-state index < -0.39 is 6.10 Å². The Bertz CT molecular complexity index is 1510. The summed E-state index contributed by atoms with van der Waals surface area (Å²) < 4.78 is 16.8.